The fourth-order valence-electron chi connectivity index (χ4n) is 2.07. The van der Waals surface area contributed by atoms with Gasteiger partial charge in [0.15, 0.2) is 0 Å². The molecule has 0 aliphatic heterocycles. The molecule has 0 radical (unpaired) electrons. The molecule has 0 spiro atoms. The van der Waals surface area contributed by atoms with Crippen molar-refractivity contribution >= 4 is 12.4 Å². The average Bonchev–Trinajstić information content (AvgIpc) is 2.47. The third kappa shape index (κ3) is 3.45. The molecule has 0 heterocycles. The van der Waals surface area contributed by atoms with Crippen molar-refractivity contribution in [3.63, 3.8) is 0 Å². The molecule has 1 atom stereocenters. The van der Waals surface area contributed by atoms with Gasteiger partial charge in [0.1, 0.15) is 0 Å². The Morgan fingerprint density at radius 2 is 1.65 bits per heavy atom. The Hall–Kier alpha value is -2.62. The second-order valence-corrected chi connectivity index (χ2v) is 4.42. The molecular formula is C16H15NO3. The summed E-state index contributed by atoms with van der Waals surface area (Å²) in [6.07, 6.45) is 0.391. The Kier molecular flexibility index (Phi) is 4.50. The lowest BCUT2D eigenvalue weighted by atomic mass is 9.99. The summed E-state index contributed by atoms with van der Waals surface area (Å²) in [6.45, 7) is 0. The maximum atomic E-state index is 10.8. The van der Waals surface area contributed by atoms with Gasteiger partial charge in [-0.25, -0.2) is 0 Å². The maximum Gasteiger partial charge on any atom is 0.305 e. The smallest absolute Gasteiger partial charge is 0.305 e. The Labute approximate surface area is 117 Å². The van der Waals surface area contributed by atoms with Gasteiger partial charge >= 0.3 is 5.97 Å². The van der Waals surface area contributed by atoms with Gasteiger partial charge in [0.25, 0.3) is 0 Å². The quantitative estimate of drug-likeness (QED) is 0.792. The molecule has 1 amide bonds. The predicted molar refractivity (Wildman–Crippen MR) is 76.1 cm³/mol. The summed E-state index contributed by atoms with van der Waals surface area (Å²) in [4.78, 5) is 21.3. The van der Waals surface area contributed by atoms with E-state index in [4.69, 9.17) is 5.11 Å². The Morgan fingerprint density at radius 3 is 2.20 bits per heavy atom. The van der Waals surface area contributed by atoms with E-state index in [-0.39, 0.29) is 6.42 Å². The summed E-state index contributed by atoms with van der Waals surface area (Å²) < 4.78 is 0. The molecule has 4 heteroatoms. The van der Waals surface area contributed by atoms with Crippen LogP contribution in [0, 0.1) is 0 Å². The lowest BCUT2D eigenvalue weighted by Crippen LogP contribution is -2.22. The van der Waals surface area contributed by atoms with Crippen LogP contribution in [0.5, 0.6) is 0 Å². The van der Waals surface area contributed by atoms with Crippen LogP contribution < -0.4 is 5.32 Å². The van der Waals surface area contributed by atoms with E-state index < -0.39 is 12.0 Å². The minimum Gasteiger partial charge on any atom is -0.481 e. The number of carboxylic acids is 1. The van der Waals surface area contributed by atoms with Gasteiger partial charge in [0.2, 0.25) is 6.41 Å². The summed E-state index contributed by atoms with van der Waals surface area (Å²) in [5.41, 5.74) is 2.92. The van der Waals surface area contributed by atoms with Crippen molar-refractivity contribution in [1.82, 2.24) is 5.32 Å². The summed E-state index contributed by atoms with van der Waals surface area (Å²) in [5, 5.41) is 11.4. The molecule has 102 valence electrons. The molecule has 0 saturated carbocycles. The third-order valence-electron chi connectivity index (χ3n) is 3.07. The van der Waals surface area contributed by atoms with Gasteiger partial charge in [-0.1, -0.05) is 54.6 Å². The highest BCUT2D eigenvalue weighted by atomic mass is 16.4. The number of carbonyl (C=O) groups excluding carboxylic acids is 1. The van der Waals surface area contributed by atoms with E-state index in [2.05, 4.69) is 5.32 Å². The zero-order valence-corrected chi connectivity index (χ0v) is 10.8. The number of carboxylic acid groups (broad SMARTS) is 1. The first-order chi connectivity index (χ1) is 9.70. The van der Waals surface area contributed by atoms with Crippen molar-refractivity contribution in [3.8, 4) is 11.1 Å². The number of rotatable bonds is 6. The molecule has 0 aliphatic carbocycles. The van der Waals surface area contributed by atoms with Crippen LogP contribution in [0.1, 0.15) is 18.0 Å². The topological polar surface area (TPSA) is 66.4 Å². The number of nitrogens with one attached hydrogen (secondary N) is 1. The molecule has 0 saturated heterocycles. The highest BCUT2D eigenvalue weighted by Gasteiger charge is 2.14. The molecular weight excluding hydrogens is 254 g/mol. The summed E-state index contributed by atoms with van der Waals surface area (Å²) >= 11 is 0. The number of aliphatic carboxylic acids is 1. The van der Waals surface area contributed by atoms with E-state index in [0.29, 0.717) is 6.41 Å². The van der Waals surface area contributed by atoms with Crippen LogP contribution in [-0.4, -0.2) is 17.5 Å². The van der Waals surface area contributed by atoms with Crippen molar-refractivity contribution in [1.29, 1.82) is 0 Å². The van der Waals surface area contributed by atoms with Crippen LogP contribution in [0.3, 0.4) is 0 Å². The van der Waals surface area contributed by atoms with Crippen molar-refractivity contribution in [2.24, 2.45) is 0 Å². The van der Waals surface area contributed by atoms with Crippen molar-refractivity contribution in [3.05, 3.63) is 60.2 Å². The van der Waals surface area contributed by atoms with Gasteiger partial charge in [-0.2, -0.15) is 0 Å². The van der Waals surface area contributed by atoms with Crippen molar-refractivity contribution in [2.45, 2.75) is 12.5 Å². The standard InChI is InChI=1S/C16H15NO3/c18-11-17-15(10-16(19)20)14-8-6-13(7-9-14)12-4-2-1-3-5-12/h1-9,11,15H,10H2,(H,17,18)(H,19,20). The van der Waals surface area contributed by atoms with E-state index >= 15 is 0 Å². The second-order valence-electron chi connectivity index (χ2n) is 4.42. The fraction of sp³-hybridized carbons (Fsp3) is 0.125. The largest absolute Gasteiger partial charge is 0.481 e. The predicted octanol–water partition coefficient (Wildman–Crippen LogP) is 2.62. The normalized spacial score (nSPS) is 11.6. The van der Waals surface area contributed by atoms with Gasteiger partial charge in [-0.15, -0.1) is 0 Å². The minimum absolute atomic E-state index is 0.135. The lowest BCUT2D eigenvalue weighted by Gasteiger charge is -2.14. The number of carbonyl (C=O) groups is 2. The van der Waals surface area contributed by atoms with Crippen LogP contribution in [0.2, 0.25) is 0 Å². The average molecular weight is 269 g/mol. The molecule has 2 N–H and O–H groups in total. The SMILES string of the molecule is O=CNC(CC(=O)O)c1ccc(-c2ccccc2)cc1. The Bertz CT molecular complexity index is 578. The molecule has 4 nitrogen and oxygen atoms in total. The van der Waals surface area contributed by atoms with Crippen LogP contribution in [-0.2, 0) is 9.59 Å². The third-order valence-corrected chi connectivity index (χ3v) is 3.07. The Morgan fingerprint density at radius 1 is 1.05 bits per heavy atom. The number of benzene rings is 2. The van der Waals surface area contributed by atoms with E-state index in [1.54, 1.807) is 0 Å². The molecule has 0 fully saturated rings. The zero-order valence-electron chi connectivity index (χ0n) is 10.8. The van der Waals surface area contributed by atoms with Gasteiger partial charge in [-0.3, -0.25) is 9.59 Å². The molecule has 2 aromatic carbocycles. The maximum absolute atomic E-state index is 10.8. The number of amides is 1. The van der Waals surface area contributed by atoms with Crippen LogP contribution >= 0.6 is 0 Å². The van der Waals surface area contributed by atoms with Crippen molar-refractivity contribution in [2.75, 3.05) is 0 Å². The van der Waals surface area contributed by atoms with Gasteiger partial charge in [-0.05, 0) is 16.7 Å². The molecule has 0 aromatic heterocycles. The molecule has 0 bridgehead atoms. The molecule has 20 heavy (non-hydrogen) atoms. The van der Waals surface area contributed by atoms with E-state index in [0.717, 1.165) is 16.7 Å². The van der Waals surface area contributed by atoms with Crippen LogP contribution in [0.25, 0.3) is 11.1 Å². The first-order valence-electron chi connectivity index (χ1n) is 6.27. The highest BCUT2D eigenvalue weighted by molar-refractivity contribution is 5.69. The minimum atomic E-state index is -0.948. The fourth-order valence-corrected chi connectivity index (χ4v) is 2.07. The summed E-state index contributed by atoms with van der Waals surface area (Å²) in [5.74, 6) is -0.948. The van der Waals surface area contributed by atoms with Gasteiger partial charge in [0, 0.05) is 0 Å². The zero-order chi connectivity index (χ0) is 14.4. The Balaban J connectivity index is 2.21. The van der Waals surface area contributed by atoms with E-state index in [1.165, 1.54) is 0 Å². The monoisotopic (exact) mass is 269 g/mol. The van der Waals surface area contributed by atoms with Gasteiger partial charge in [0.05, 0.1) is 12.5 Å². The number of hydrogen-bond donors (Lipinski definition) is 2. The second kappa shape index (κ2) is 6.52. The first-order valence-corrected chi connectivity index (χ1v) is 6.27. The summed E-state index contributed by atoms with van der Waals surface area (Å²) in [7, 11) is 0. The lowest BCUT2D eigenvalue weighted by molar-refractivity contribution is -0.137. The molecule has 0 aliphatic rings. The summed E-state index contributed by atoms with van der Waals surface area (Å²) in [6, 6.07) is 16.9. The number of hydrogen-bond acceptors (Lipinski definition) is 2. The van der Waals surface area contributed by atoms with E-state index in [9.17, 15) is 9.59 Å². The molecule has 2 aromatic rings. The van der Waals surface area contributed by atoms with Crippen molar-refractivity contribution < 1.29 is 14.7 Å². The van der Waals surface area contributed by atoms with Gasteiger partial charge < -0.3 is 10.4 Å². The van der Waals surface area contributed by atoms with Crippen LogP contribution in [0.15, 0.2) is 54.6 Å². The molecule has 1 unspecified atom stereocenters. The molecule has 2 rings (SSSR count). The first kappa shape index (κ1) is 13.8. The van der Waals surface area contributed by atoms with Crippen LogP contribution in [0.4, 0.5) is 0 Å². The highest BCUT2D eigenvalue weighted by Crippen LogP contribution is 2.23. The van der Waals surface area contributed by atoms with E-state index in [1.807, 2.05) is 54.6 Å².